The second kappa shape index (κ2) is 7.52. The molecule has 138 valence electrons. The zero-order chi connectivity index (χ0) is 19.5. The van der Waals surface area contributed by atoms with Gasteiger partial charge in [-0.3, -0.25) is 0 Å². The van der Waals surface area contributed by atoms with E-state index >= 15 is 0 Å². The molecule has 0 atom stereocenters. The first-order valence-electron chi connectivity index (χ1n) is 9.53. The highest BCUT2D eigenvalue weighted by molar-refractivity contribution is 5.78. The zero-order valence-corrected chi connectivity index (χ0v) is 15.8. The number of aromatic nitrogens is 4. The molecule has 3 aromatic heterocycles. The van der Waals surface area contributed by atoms with E-state index in [2.05, 4.69) is 67.7 Å². The summed E-state index contributed by atoms with van der Waals surface area (Å²) in [7, 11) is 0. The lowest BCUT2D eigenvalue weighted by Gasteiger charge is -2.03. The summed E-state index contributed by atoms with van der Waals surface area (Å²) in [5.41, 5.74) is 3.28. The molecular formula is C25H19N4+. The third-order valence-corrected chi connectivity index (χ3v) is 4.80. The number of hydrogen-bond donors (Lipinski definition) is 0. The summed E-state index contributed by atoms with van der Waals surface area (Å²) in [5.74, 6) is 2.71. The minimum atomic E-state index is 0.867. The van der Waals surface area contributed by atoms with E-state index < -0.39 is 0 Å². The summed E-state index contributed by atoms with van der Waals surface area (Å²) in [6.45, 7) is 0. The fraction of sp³-hybridized carbons (Fsp3) is 0. The van der Waals surface area contributed by atoms with E-state index in [4.69, 9.17) is 0 Å². The molecule has 29 heavy (non-hydrogen) atoms. The van der Waals surface area contributed by atoms with E-state index in [9.17, 15) is 0 Å². The molecule has 0 amide bonds. The second-order valence-corrected chi connectivity index (χ2v) is 6.64. The van der Waals surface area contributed by atoms with Crippen molar-refractivity contribution < 1.29 is 4.57 Å². The predicted molar refractivity (Wildman–Crippen MR) is 116 cm³/mol. The summed E-state index contributed by atoms with van der Waals surface area (Å²) < 4.78 is 4.34. The Balaban J connectivity index is 1.84. The van der Waals surface area contributed by atoms with Crippen LogP contribution in [0.5, 0.6) is 0 Å². The van der Waals surface area contributed by atoms with Crippen LogP contribution in [0.25, 0.3) is 34.8 Å². The van der Waals surface area contributed by atoms with Crippen molar-refractivity contribution in [2.75, 3.05) is 0 Å². The lowest BCUT2D eigenvalue weighted by atomic mass is 10.2. The van der Waals surface area contributed by atoms with E-state index in [0.29, 0.717) is 0 Å². The Hall–Kier alpha value is -4.05. The monoisotopic (exact) mass is 375 g/mol. The standard InChI is InChI=1S/C25H19N4/c1-2-10-20(11-3-1)16-17-25-28(23-14-6-8-18-26-23)21-12-4-5-13-22(21)29(25)24-15-7-9-19-27-24/h1-19H/q+1. The van der Waals surface area contributed by atoms with Gasteiger partial charge in [0.2, 0.25) is 5.82 Å². The van der Waals surface area contributed by atoms with Gasteiger partial charge in [-0.05, 0) is 42.0 Å². The Morgan fingerprint density at radius 1 is 0.655 bits per heavy atom. The molecule has 5 aromatic rings. The quantitative estimate of drug-likeness (QED) is 0.420. The van der Waals surface area contributed by atoms with Gasteiger partial charge in [-0.2, -0.15) is 4.57 Å². The molecule has 3 heterocycles. The van der Waals surface area contributed by atoms with Crippen LogP contribution >= 0.6 is 0 Å². The summed E-state index contributed by atoms with van der Waals surface area (Å²) >= 11 is 0. The van der Waals surface area contributed by atoms with Gasteiger partial charge in [0.15, 0.2) is 5.82 Å². The average molecular weight is 375 g/mol. The molecule has 4 nitrogen and oxygen atoms in total. The van der Waals surface area contributed by atoms with Crippen molar-refractivity contribution in [3.8, 4) is 11.6 Å². The molecule has 0 radical (unpaired) electrons. The smallest absolute Gasteiger partial charge is 0.225 e. The van der Waals surface area contributed by atoms with Gasteiger partial charge in [0.05, 0.1) is 0 Å². The molecule has 0 unspecified atom stereocenters. The van der Waals surface area contributed by atoms with Crippen LogP contribution in [-0.4, -0.2) is 14.5 Å². The van der Waals surface area contributed by atoms with Crippen molar-refractivity contribution in [1.82, 2.24) is 14.5 Å². The van der Waals surface area contributed by atoms with Gasteiger partial charge in [0.25, 0.3) is 5.82 Å². The Morgan fingerprint density at radius 2 is 1.38 bits per heavy atom. The van der Waals surface area contributed by atoms with Gasteiger partial charge in [0.1, 0.15) is 17.2 Å². The Morgan fingerprint density at radius 3 is 2.14 bits per heavy atom. The Bertz CT molecular complexity index is 1200. The molecule has 0 bridgehead atoms. The number of nitrogens with zero attached hydrogens (tertiary/aromatic N) is 4. The largest absolute Gasteiger partial charge is 0.267 e. The topological polar surface area (TPSA) is 34.6 Å². The van der Waals surface area contributed by atoms with Crippen LogP contribution in [-0.2, 0) is 0 Å². The summed E-state index contributed by atoms with van der Waals surface area (Å²) in [4.78, 5) is 9.23. The van der Waals surface area contributed by atoms with Crippen LogP contribution in [0, 0.1) is 0 Å². The first-order valence-corrected chi connectivity index (χ1v) is 9.53. The average Bonchev–Trinajstić information content (AvgIpc) is 3.13. The van der Waals surface area contributed by atoms with Crippen molar-refractivity contribution in [2.45, 2.75) is 0 Å². The predicted octanol–water partition coefficient (Wildman–Crippen LogP) is 4.87. The Labute approximate surface area is 169 Å². The highest BCUT2D eigenvalue weighted by Crippen LogP contribution is 2.22. The molecule has 0 aliphatic rings. The first-order chi connectivity index (χ1) is 14.4. The molecule has 2 aromatic carbocycles. The maximum atomic E-state index is 4.62. The second-order valence-electron chi connectivity index (χ2n) is 6.64. The summed E-state index contributed by atoms with van der Waals surface area (Å²) in [6.07, 6.45) is 7.88. The number of rotatable bonds is 4. The van der Waals surface area contributed by atoms with E-state index in [1.165, 1.54) is 0 Å². The van der Waals surface area contributed by atoms with Crippen LogP contribution in [0.2, 0.25) is 0 Å². The van der Waals surface area contributed by atoms with Gasteiger partial charge in [-0.1, -0.05) is 54.6 Å². The summed E-state index contributed by atoms with van der Waals surface area (Å²) in [6, 6.07) is 30.5. The fourth-order valence-electron chi connectivity index (χ4n) is 3.53. The van der Waals surface area contributed by atoms with Crippen molar-refractivity contribution in [1.29, 1.82) is 0 Å². The van der Waals surface area contributed by atoms with Crippen molar-refractivity contribution in [3.63, 3.8) is 0 Å². The maximum absolute atomic E-state index is 4.62. The van der Waals surface area contributed by atoms with Gasteiger partial charge in [0, 0.05) is 18.3 Å². The molecule has 0 aliphatic heterocycles. The minimum Gasteiger partial charge on any atom is -0.225 e. The molecule has 0 N–H and O–H groups in total. The van der Waals surface area contributed by atoms with Crippen LogP contribution in [0.3, 0.4) is 0 Å². The molecule has 0 fully saturated rings. The number of pyridine rings is 2. The highest BCUT2D eigenvalue weighted by atomic mass is 15.2. The Kier molecular flexibility index (Phi) is 4.43. The van der Waals surface area contributed by atoms with Crippen LogP contribution in [0.1, 0.15) is 11.4 Å². The lowest BCUT2D eigenvalue weighted by molar-refractivity contribution is -0.574. The molecule has 0 spiro atoms. The summed E-state index contributed by atoms with van der Waals surface area (Å²) in [5, 5.41) is 0. The molecular weight excluding hydrogens is 356 g/mol. The van der Waals surface area contributed by atoms with E-state index in [1.54, 1.807) is 0 Å². The number of hydrogen-bond acceptors (Lipinski definition) is 2. The number of benzene rings is 2. The number of para-hydroxylation sites is 2. The molecule has 4 heteroatoms. The normalized spacial score (nSPS) is 11.3. The van der Waals surface area contributed by atoms with Crippen LogP contribution in [0.15, 0.2) is 103 Å². The molecule has 5 rings (SSSR count). The minimum absolute atomic E-state index is 0.867. The molecule has 0 aliphatic carbocycles. The van der Waals surface area contributed by atoms with Gasteiger partial charge < -0.3 is 0 Å². The third kappa shape index (κ3) is 3.21. The van der Waals surface area contributed by atoms with Gasteiger partial charge in [-0.25, -0.2) is 9.55 Å². The number of fused-ring (bicyclic) bond motifs is 1. The van der Waals surface area contributed by atoms with Crippen molar-refractivity contribution >= 4 is 23.2 Å². The zero-order valence-electron chi connectivity index (χ0n) is 15.8. The van der Waals surface area contributed by atoms with Gasteiger partial charge in [-0.15, -0.1) is 4.98 Å². The SMILES string of the molecule is C(=Cc1n(-c2ccccn2)c2ccccc2[n+]1-c1ccccn1)c1ccccc1. The van der Waals surface area contributed by atoms with E-state index in [-0.39, 0.29) is 0 Å². The van der Waals surface area contributed by atoms with E-state index in [0.717, 1.165) is 34.1 Å². The van der Waals surface area contributed by atoms with Crippen molar-refractivity contribution in [2.24, 2.45) is 0 Å². The van der Waals surface area contributed by atoms with Crippen LogP contribution in [0.4, 0.5) is 0 Å². The lowest BCUT2D eigenvalue weighted by Crippen LogP contribution is -2.34. The molecule has 0 saturated heterocycles. The van der Waals surface area contributed by atoms with Crippen LogP contribution < -0.4 is 4.57 Å². The highest BCUT2D eigenvalue weighted by Gasteiger charge is 2.24. The number of imidazole rings is 1. The van der Waals surface area contributed by atoms with E-state index in [1.807, 2.05) is 67.0 Å². The third-order valence-electron chi connectivity index (χ3n) is 4.80. The molecule has 0 saturated carbocycles. The first kappa shape index (κ1) is 17.1. The maximum Gasteiger partial charge on any atom is 0.267 e. The van der Waals surface area contributed by atoms with Gasteiger partial charge >= 0.3 is 0 Å². The fourth-order valence-corrected chi connectivity index (χ4v) is 3.53. The van der Waals surface area contributed by atoms with Crippen molar-refractivity contribution in [3.05, 3.63) is 115 Å².